The Morgan fingerprint density at radius 2 is 1.74 bits per heavy atom. The second kappa shape index (κ2) is 12.4. The third-order valence-electron chi connectivity index (χ3n) is 4.19. The number of ether oxygens (including phenoxy) is 3. The zero-order valence-corrected chi connectivity index (χ0v) is 21.1. The fourth-order valence-corrected chi connectivity index (χ4v) is 4.49. The maximum Gasteiger partial charge on any atom is 0.257 e. The molecule has 0 aliphatic heterocycles. The van der Waals surface area contributed by atoms with E-state index in [1.807, 2.05) is 13.8 Å². The number of benzene rings is 2. The first kappa shape index (κ1) is 25.6. The summed E-state index contributed by atoms with van der Waals surface area (Å²) in [5.41, 5.74) is 0.874. The summed E-state index contributed by atoms with van der Waals surface area (Å²) in [5.74, 6) is 1.05. The van der Waals surface area contributed by atoms with Crippen LogP contribution < -0.4 is 24.8 Å². The molecule has 12 heteroatoms. The molecule has 1 heterocycles. The number of hydrogen-bond acceptors (Lipinski definition) is 9. The second-order valence-corrected chi connectivity index (χ2v) is 9.17. The number of hydrogen-bond donors (Lipinski definition) is 2. The standard InChI is InChI=1S/C22H23ClN4O5S2/c1-4-31-17-8-6-13(10-18(17)32-5-2)20(29)25-21-26-27-22(34-21)33-12-19(28)24-15-11-14(23)7-9-16(15)30-3/h6-11H,4-5,12H2,1-3H3,(H,24,28)(H,25,26,29). The summed E-state index contributed by atoms with van der Waals surface area (Å²) in [6, 6.07) is 9.92. The molecule has 0 aliphatic carbocycles. The molecule has 0 aliphatic rings. The van der Waals surface area contributed by atoms with E-state index in [1.165, 1.54) is 30.2 Å². The van der Waals surface area contributed by atoms with Gasteiger partial charge < -0.3 is 19.5 Å². The van der Waals surface area contributed by atoms with Crippen molar-refractivity contribution >= 4 is 57.3 Å². The fraction of sp³-hybridized carbons (Fsp3) is 0.273. The van der Waals surface area contributed by atoms with Crippen molar-refractivity contribution in [2.75, 3.05) is 36.7 Å². The smallest absolute Gasteiger partial charge is 0.257 e. The molecule has 0 saturated heterocycles. The quantitative estimate of drug-likeness (QED) is 0.268. The number of rotatable bonds is 11. The van der Waals surface area contributed by atoms with Gasteiger partial charge in [-0.1, -0.05) is 34.7 Å². The number of amides is 2. The molecule has 0 unspecified atom stereocenters. The molecule has 0 spiro atoms. The highest BCUT2D eigenvalue weighted by Gasteiger charge is 2.15. The Morgan fingerprint density at radius 3 is 2.47 bits per heavy atom. The predicted molar refractivity (Wildman–Crippen MR) is 134 cm³/mol. The second-order valence-electron chi connectivity index (χ2n) is 6.54. The number of nitrogens with one attached hydrogen (secondary N) is 2. The number of methoxy groups -OCH3 is 1. The highest BCUT2D eigenvalue weighted by Crippen LogP contribution is 2.31. The molecule has 0 saturated carbocycles. The van der Waals surface area contributed by atoms with E-state index in [1.54, 1.807) is 36.4 Å². The van der Waals surface area contributed by atoms with Crippen LogP contribution in [0.3, 0.4) is 0 Å². The van der Waals surface area contributed by atoms with Crippen LogP contribution in [0.5, 0.6) is 17.2 Å². The first-order valence-corrected chi connectivity index (χ1v) is 12.4. The zero-order chi connectivity index (χ0) is 24.5. The molecule has 34 heavy (non-hydrogen) atoms. The Bertz CT molecular complexity index is 1160. The molecule has 0 atom stereocenters. The lowest BCUT2D eigenvalue weighted by Crippen LogP contribution is -2.14. The van der Waals surface area contributed by atoms with Crippen molar-refractivity contribution in [3.63, 3.8) is 0 Å². The van der Waals surface area contributed by atoms with E-state index in [2.05, 4.69) is 20.8 Å². The lowest BCUT2D eigenvalue weighted by molar-refractivity contribution is -0.113. The lowest BCUT2D eigenvalue weighted by atomic mass is 10.2. The van der Waals surface area contributed by atoms with Gasteiger partial charge in [-0.25, -0.2) is 0 Å². The molecule has 9 nitrogen and oxygen atoms in total. The lowest BCUT2D eigenvalue weighted by Gasteiger charge is -2.12. The van der Waals surface area contributed by atoms with E-state index in [-0.39, 0.29) is 17.6 Å². The minimum Gasteiger partial charge on any atom is -0.495 e. The van der Waals surface area contributed by atoms with Gasteiger partial charge in [0.05, 0.1) is 31.8 Å². The molecule has 2 amide bonds. The Hall–Kier alpha value is -3.02. The van der Waals surface area contributed by atoms with Crippen LogP contribution in [0.2, 0.25) is 5.02 Å². The number of nitrogens with zero attached hydrogens (tertiary/aromatic N) is 2. The summed E-state index contributed by atoms with van der Waals surface area (Å²) in [4.78, 5) is 25.0. The van der Waals surface area contributed by atoms with Crippen LogP contribution in [0.4, 0.5) is 10.8 Å². The highest BCUT2D eigenvalue weighted by atomic mass is 35.5. The molecule has 1 aromatic heterocycles. The van der Waals surface area contributed by atoms with E-state index in [4.69, 9.17) is 25.8 Å². The first-order valence-electron chi connectivity index (χ1n) is 10.2. The van der Waals surface area contributed by atoms with Gasteiger partial charge >= 0.3 is 0 Å². The number of aromatic nitrogens is 2. The van der Waals surface area contributed by atoms with Crippen molar-refractivity contribution in [2.24, 2.45) is 0 Å². The Labute approximate surface area is 210 Å². The zero-order valence-electron chi connectivity index (χ0n) is 18.7. The van der Waals surface area contributed by atoms with Gasteiger partial charge in [0.15, 0.2) is 15.8 Å². The summed E-state index contributed by atoms with van der Waals surface area (Å²) in [5, 5.41) is 14.3. The van der Waals surface area contributed by atoms with Crippen molar-refractivity contribution in [2.45, 2.75) is 18.2 Å². The molecule has 2 aromatic carbocycles. The number of halogens is 1. The van der Waals surface area contributed by atoms with Gasteiger partial charge in [-0.15, -0.1) is 10.2 Å². The van der Waals surface area contributed by atoms with Gasteiger partial charge in [0.1, 0.15) is 5.75 Å². The molecule has 0 radical (unpaired) electrons. The Morgan fingerprint density at radius 1 is 1.00 bits per heavy atom. The molecule has 3 aromatic rings. The van der Waals surface area contributed by atoms with Gasteiger partial charge in [0.25, 0.3) is 5.91 Å². The van der Waals surface area contributed by atoms with Gasteiger partial charge in [0.2, 0.25) is 11.0 Å². The normalized spacial score (nSPS) is 10.5. The van der Waals surface area contributed by atoms with Crippen molar-refractivity contribution < 1.29 is 23.8 Å². The third kappa shape index (κ3) is 6.99. The molecule has 0 fully saturated rings. The SMILES string of the molecule is CCOc1ccc(C(=O)Nc2nnc(SCC(=O)Nc3cc(Cl)ccc3OC)s2)cc1OCC. The minimum atomic E-state index is -0.359. The highest BCUT2D eigenvalue weighted by molar-refractivity contribution is 8.01. The van der Waals surface area contributed by atoms with E-state index in [0.717, 1.165) is 0 Å². The van der Waals surface area contributed by atoms with E-state index < -0.39 is 0 Å². The largest absolute Gasteiger partial charge is 0.495 e. The van der Waals surface area contributed by atoms with Gasteiger partial charge in [0, 0.05) is 10.6 Å². The molecule has 2 N–H and O–H groups in total. The van der Waals surface area contributed by atoms with Crippen molar-refractivity contribution in [1.29, 1.82) is 0 Å². The predicted octanol–water partition coefficient (Wildman–Crippen LogP) is 4.98. The number of carbonyl (C=O) groups excluding carboxylic acids is 2. The average Bonchev–Trinajstić information content (AvgIpc) is 3.26. The van der Waals surface area contributed by atoms with Crippen LogP contribution in [0, 0.1) is 0 Å². The maximum absolute atomic E-state index is 12.6. The number of thioether (sulfide) groups is 1. The third-order valence-corrected chi connectivity index (χ3v) is 6.40. The van der Waals surface area contributed by atoms with Gasteiger partial charge in [-0.2, -0.15) is 0 Å². The van der Waals surface area contributed by atoms with E-state index in [0.29, 0.717) is 56.2 Å². The summed E-state index contributed by atoms with van der Waals surface area (Å²) >= 11 is 8.35. The van der Waals surface area contributed by atoms with Crippen molar-refractivity contribution in [3.8, 4) is 17.2 Å². The van der Waals surface area contributed by atoms with Gasteiger partial charge in [-0.05, 0) is 50.2 Å². The van der Waals surface area contributed by atoms with Crippen LogP contribution in [0.15, 0.2) is 40.7 Å². The molecular weight excluding hydrogens is 500 g/mol. The minimum absolute atomic E-state index is 0.0921. The molecule has 3 rings (SSSR count). The van der Waals surface area contributed by atoms with Crippen molar-refractivity contribution in [3.05, 3.63) is 47.0 Å². The number of anilines is 2. The van der Waals surface area contributed by atoms with Gasteiger partial charge in [-0.3, -0.25) is 14.9 Å². The van der Waals surface area contributed by atoms with E-state index in [9.17, 15) is 9.59 Å². The van der Waals surface area contributed by atoms with Crippen LogP contribution in [-0.4, -0.2) is 48.1 Å². The number of carbonyl (C=O) groups is 2. The Kier molecular flexibility index (Phi) is 9.37. The fourth-order valence-electron chi connectivity index (χ4n) is 2.77. The first-order chi connectivity index (χ1) is 16.4. The van der Waals surface area contributed by atoms with Crippen molar-refractivity contribution in [1.82, 2.24) is 10.2 Å². The van der Waals surface area contributed by atoms with E-state index >= 15 is 0 Å². The average molecular weight is 523 g/mol. The Balaban J connectivity index is 1.57. The summed E-state index contributed by atoms with van der Waals surface area (Å²) in [6.07, 6.45) is 0. The topological polar surface area (TPSA) is 112 Å². The molecule has 0 bridgehead atoms. The monoisotopic (exact) mass is 522 g/mol. The summed E-state index contributed by atoms with van der Waals surface area (Å²) in [6.45, 7) is 4.66. The molecular formula is C22H23ClN4O5S2. The van der Waals surface area contributed by atoms with Crippen LogP contribution in [0.1, 0.15) is 24.2 Å². The van der Waals surface area contributed by atoms with Crippen LogP contribution in [0.25, 0.3) is 0 Å². The summed E-state index contributed by atoms with van der Waals surface area (Å²) in [7, 11) is 1.51. The maximum atomic E-state index is 12.6. The van der Waals surface area contributed by atoms with Crippen LogP contribution >= 0.6 is 34.7 Å². The van der Waals surface area contributed by atoms with Crippen LogP contribution in [-0.2, 0) is 4.79 Å². The molecule has 180 valence electrons. The summed E-state index contributed by atoms with van der Waals surface area (Å²) < 4.78 is 16.8.